The van der Waals surface area contributed by atoms with E-state index in [1.165, 1.54) is 12.8 Å². The van der Waals surface area contributed by atoms with Crippen molar-refractivity contribution < 1.29 is 4.79 Å². The lowest BCUT2D eigenvalue weighted by Crippen LogP contribution is -2.12. The summed E-state index contributed by atoms with van der Waals surface area (Å²) in [6.07, 6.45) is 8.04. The molecule has 3 N–H and O–H groups in total. The quantitative estimate of drug-likeness (QED) is 0.722. The number of aryl methyl sites for hydroxylation is 1. The van der Waals surface area contributed by atoms with Crippen LogP contribution in [0.2, 0.25) is 0 Å². The molecular formula is C19H27N5O. The number of rotatable bonds is 8. The molecule has 1 amide bonds. The minimum atomic E-state index is 0.0698. The van der Waals surface area contributed by atoms with E-state index in [9.17, 15) is 4.79 Å². The number of carbonyl (C=O) groups is 1. The van der Waals surface area contributed by atoms with Crippen molar-refractivity contribution in [1.82, 2.24) is 14.8 Å². The molecule has 0 spiro atoms. The predicted octanol–water partition coefficient (Wildman–Crippen LogP) is 3.13. The van der Waals surface area contributed by atoms with Crippen LogP contribution < -0.4 is 11.1 Å². The Labute approximate surface area is 148 Å². The van der Waals surface area contributed by atoms with E-state index in [-0.39, 0.29) is 5.91 Å². The number of anilines is 1. The van der Waals surface area contributed by atoms with Crippen molar-refractivity contribution in [2.75, 3.05) is 11.9 Å². The highest BCUT2D eigenvalue weighted by Crippen LogP contribution is 2.24. The second-order valence-electron chi connectivity index (χ2n) is 6.63. The molecule has 2 heterocycles. The van der Waals surface area contributed by atoms with E-state index in [2.05, 4.69) is 20.1 Å². The Hall–Kier alpha value is -2.21. The van der Waals surface area contributed by atoms with Crippen molar-refractivity contribution in [1.29, 1.82) is 0 Å². The van der Waals surface area contributed by atoms with Crippen LogP contribution in [0.1, 0.15) is 50.8 Å². The van der Waals surface area contributed by atoms with E-state index in [0.29, 0.717) is 6.42 Å². The smallest absolute Gasteiger partial charge is 0.224 e. The Kier molecular flexibility index (Phi) is 6.17. The first-order chi connectivity index (χ1) is 12.3. The summed E-state index contributed by atoms with van der Waals surface area (Å²) in [6.45, 7) is 1.72. The topological polar surface area (TPSA) is 85.8 Å². The van der Waals surface area contributed by atoms with Gasteiger partial charge in [0.25, 0.3) is 0 Å². The molecule has 0 saturated heterocycles. The van der Waals surface area contributed by atoms with Crippen molar-refractivity contribution in [3.63, 3.8) is 0 Å². The van der Waals surface area contributed by atoms with Crippen LogP contribution in [-0.2, 0) is 17.8 Å². The lowest BCUT2D eigenvalue weighted by Gasteiger charge is -2.14. The second-order valence-corrected chi connectivity index (χ2v) is 6.63. The number of nitrogens with two attached hydrogens (primary N) is 1. The third-order valence-corrected chi connectivity index (χ3v) is 4.64. The maximum atomic E-state index is 12.0. The van der Waals surface area contributed by atoms with Crippen LogP contribution in [0.15, 0.2) is 24.3 Å². The molecule has 0 aliphatic carbocycles. The Morgan fingerprint density at radius 2 is 1.88 bits per heavy atom. The summed E-state index contributed by atoms with van der Waals surface area (Å²) >= 11 is 0. The summed E-state index contributed by atoms with van der Waals surface area (Å²) in [5.41, 5.74) is 7.34. The summed E-state index contributed by atoms with van der Waals surface area (Å²) in [6, 6.07) is 7.88. The highest BCUT2D eigenvalue weighted by molar-refractivity contribution is 5.90. The molecule has 6 nitrogen and oxygen atoms in total. The average molecular weight is 341 g/mol. The first kappa shape index (κ1) is 17.6. The molecule has 0 unspecified atom stereocenters. The van der Waals surface area contributed by atoms with Gasteiger partial charge in [-0.15, -0.1) is 10.2 Å². The Bertz CT molecular complexity index is 692. The van der Waals surface area contributed by atoms with Gasteiger partial charge in [0.1, 0.15) is 5.82 Å². The second kappa shape index (κ2) is 8.76. The molecule has 0 radical (unpaired) electrons. The van der Waals surface area contributed by atoms with Crippen LogP contribution in [0, 0.1) is 0 Å². The van der Waals surface area contributed by atoms with Crippen molar-refractivity contribution in [2.45, 2.75) is 57.9 Å². The predicted molar refractivity (Wildman–Crippen MR) is 99.2 cm³/mol. The molecule has 134 valence electrons. The summed E-state index contributed by atoms with van der Waals surface area (Å²) in [5, 5.41) is 11.6. The molecule has 1 aromatic carbocycles. The van der Waals surface area contributed by atoms with Gasteiger partial charge in [-0.05, 0) is 56.5 Å². The fourth-order valence-electron chi connectivity index (χ4n) is 3.23. The minimum absolute atomic E-state index is 0.0698. The zero-order chi connectivity index (χ0) is 17.5. The third-order valence-electron chi connectivity index (χ3n) is 4.64. The molecule has 0 atom stereocenters. The largest absolute Gasteiger partial charge is 0.330 e. The Morgan fingerprint density at radius 1 is 1.08 bits per heavy atom. The number of nitrogens with zero attached hydrogens (tertiary/aromatic N) is 3. The van der Waals surface area contributed by atoms with Crippen LogP contribution in [0.5, 0.6) is 0 Å². The zero-order valence-corrected chi connectivity index (χ0v) is 14.7. The van der Waals surface area contributed by atoms with Crippen LogP contribution in [0.4, 0.5) is 5.69 Å². The first-order valence-electron chi connectivity index (χ1n) is 9.30. The highest BCUT2D eigenvalue weighted by Gasteiger charge is 2.16. The molecule has 2 aromatic rings. The normalized spacial score (nSPS) is 13.5. The van der Waals surface area contributed by atoms with Gasteiger partial charge in [0.05, 0.1) is 0 Å². The SMILES string of the molecule is NCCCCCCC(=O)Nc1ccc(-c2nnc3n2CCCC3)cc1. The Morgan fingerprint density at radius 3 is 2.68 bits per heavy atom. The molecule has 3 rings (SSSR count). The number of nitrogens with one attached hydrogen (secondary N) is 1. The van der Waals surface area contributed by atoms with Gasteiger partial charge in [-0.25, -0.2) is 0 Å². The maximum absolute atomic E-state index is 12.0. The first-order valence-corrected chi connectivity index (χ1v) is 9.30. The van der Waals surface area contributed by atoms with Gasteiger partial charge < -0.3 is 15.6 Å². The van der Waals surface area contributed by atoms with E-state index in [4.69, 9.17) is 5.73 Å². The van der Waals surface area contributed by atoms with Crippen LogP contribution in [0.25, 0.3) is 11.4 Å². The average Bonchev–Trinajstić information content (AvgIpc) is 3.06. The summed E-state index contributed by atoms with van der Waals surface area (Å²) in [5.74, 6) is 2.07. The van der Waals surface area contributed by atoms with Crippen molar-refractivity contribution in [3.05, 3.63) is 30.1 Å². The van der Waals surface area contributed by atoms with Crippen LogP contribution in [-0.4, -0.2) is 27.2 Å². The van der Waals surface area contributed by atoms with Crippen LogP contribution >= 0.6 is 0 Å². The number of hydrogen-bond acceptors (Lipinski definition) is 4. The van der Waals surface area contributed by atoms with Crippen LogP contribution in [0.3, 0.4) is 0 Å². The van der Waals surface area contributed by atoms with Gasteiger partial charge >= 0.3 is 0 Å². The number of hydrogen-bond donors (Lipinski definition) is 2. The monoisotopic (exact) mass is 341 g/mol. The fraction of sp³-hybridized carbons (Fsp3) is 0.526. The number of aromatic nitrogens is 3. The van der Waals surface area contributed by atoms with Crippen molar-refractivity contribution in [3.8, 4) is 11.4 Å². The molecule has 1 aromatic heterocycles. The molecule has 1 aliphatic rings. The van der Waals surface area contributed by atoms with Gasteiger partial charge in [-0.3, -0.25) is 4.79 Å². The van der Waals surface area contributed by atoms with Gasteiger partial charge in [-0.1, -0.05) is 12.8 Å². The third kappa shape index (κ3) is 4.66. The lowest BCUT2D eigenvalue weighted by molar-refractivity contribution is -0.116. The number of fused-ring (bicyclic) bond motifs is 1. The van der Waals surface area contributed by atoms with Gasteiger partial charge in [-0.2, -0.15) is 0 Å². The molecule has 0 fully saturated rings. The summed E-state index contributed by atoms with van der Waals surface area (Å²) in [7, 11) is 0. The van der Waals surface area contributed by atoms with E-state index in [1.807, 2.05) is 24.3 Å². The number of unbranched alkanes of at least 4 members (excludes halogenated alkanes) is 3. The lowest BCUT2D eigenvalue weighted by atomic mass is 10.1. The summed E-state index contributed by atoms with van der Waals surface area (Å²) < 4.78 is 2.21. The minimum Gasteiger partial charge on any atom is -0.330 e. The van der Waals surface area contributed by atoms with Crippen molar-refractivity contribution >= 4 is 11.6 Å². The number of amides is 1. The Balaban J connectivity index is 1.54. The molecule has 1 aliphatic heterocycles. The highest BCUT2D eigenvalue weighted by atomic mass is 16.1. The van der Waals surface area contributed by atoms with Gasteiger partial charge in [0, 0.05) is 30.6 Å². The standard InChI is InChI=1S/C19H27N5O/c20-13-5-2-1-3-8-18(25)21-16-11-9-15(10-12-16)19-23-22-17-7-4-6-14-24(17)19/h9-12H,1-8,13-14,20H2,(H,21,25). The number of benzene rings is 1. The van der Waals surface area contributed by atoms with Gasteiger partial charge in [0.15, 0.2) is 5.82 Å². The molecular weight excluding hydrogens is 314 g/mol. The zero-order valence-electron chi connectivity index (χ0n) is 14.7. The van der Waals surface area contributed by atoms with E-state index < -0.39 is 0 Å². The summed E-state index contributed by atoms with van der Waals surface area (Å²) in [4.78, 5) is 12.0. The number of carbonyl (C=O) groups excluding carboxylic acids is 1. The molecule has 6 heteroatoms. The maximum Gasteiger partial charge on any atom is 0.224 e. The molecule has 0 bridgehead atoms. The van der Waals surface area contributed by atoms with E-state index in [1.54, 1.807) is 0 Å². The molecule has 0 saturated carbocycles. The van der Waals surface area contributed by atoms with Crippen molar-refractivity contribution in [2.24, 2.45) is 5.73 Å². The fourth-order valence-corrected chi connectivity index (χ4v) is 3.23. The van der Waals surface area contributed by atoms with Gasteiger partial charge in [0.2, 0.25) is 5.91 Å². The van der Waals surface area contributed by atoms with E-state index >= 15 is 0 Å². The van der Waals surface area contributed by atoms with E-state index in [0.717, 1.165) is 68.1 Å². The molecule has 25 heavy (non-hydrogen) atoms.